The van der Waals surface area contributed by atoms with Gasteiger partial charge in [-0.2, -0.15) is 0 Å². The molecular formula is C18H15FN2O4. The number of carbonyl (C=O) groups is 1. The molecule has 6 nitrogen and oxygen atoms in total. The van der Waals surface area contributed by atoms with E-state index in [-0.39, 0.29) is 18.3 Å². The number of carbonyl (C=O) groups excluding carboxylic acids is 1. The highest BCUT2D eigenvalue weighted by Crippen LogP contribution is 2.25. The number of hydrogen-bond donors (Lipinski definition) is 0. The van der Waals surface area contributed by atoms with Crippen molar-refractivity contribution in [2.45, 2.75) is 20.5 Å². The Morgan fingerprint density at radius 3 is 2.80 bits per heavy atom. The van der Waals surface area contributed by atoms with E-state index in [9.17, 15) is 9.18 Å². The van der Waals surface area contributed by atoms with Gasteiger partial charge in [0.1, 0.15) is 17.3 Å². The molecule has 3 rings (SSSR count). The normalized spacial score (nSPS) is 11.2. The highest BCUT2D eigenvalue weighted by Gasteiger charge is 2.15. The first-order valence-corrected chi connectivity index (χ1v) is 7.51. The van der Waals surface area contributed by atoms with Gasteiger partial charge in [-0.25, -0.2) is 9.18 Å². The molecule has 0 aliphatic carbocycles. The van der Waals surface area contributed by atoms with Gasteiger partial charge in [0.2, 0.25) is 0 Å². The molecule has 0 saturated heterocycles. The second kappa shape index (κ2) is 7.12. The molecule has 3 aromatic rings. The van der Waals surface area contributed by atoms with Gasteiger partial charge in [-0.1, -0.05) is 12.1 Å². The lowest BCUT2D eigenvalue weighted by atomic mass is 10.2. The van der Waals surface area contributed by atoms with E-state index < -0.39 is 5.97 Å². The smallest absolute Gasteiger partial charge is 0.331 e. The summed E-state index contributed by atoms with van der Waals surface area (Å²) in [4.78, 5) is 11.7. The number of furan rings is 1. The molecule has 0 N–H and O–H groups in total. The molecule has 0 saturated carbocycles. The predicted molar refractivity (Wildman–Crippen MR) is 86.7 cm³/mol. The van der Waals surface area contributed by atoms with Crippen LogP contribution in [0.2, 0.25) is 0 Å². The minimum Gasteiger partial charge on any atom is -0.466 e. The number of aromatic nitrogens is 2. The van der Waals surface area contributed by atoms with Gasteiger partial charge < -0.3 is 13.6 Å². The molecule has 0 atom stereocenters. The second-order valence-corrected chi connectivity index (χ2v) is 5.32. The molecule has 0 aliphatic heterocycles. The van der Waals surface area contributed by atoms with Crippen molar-refractivity contribution in [3.05, 3.63) is 65.2 Å². The van der Waals surface area contributed by atoms with Crippen molar-refractivity contribution in [3.63, 3.8) is 0 Å². The molecule has 0 bridgehead atoms. The van der Waals surface area contributed by atoms with Crippen LogP contribution in [-0.2, 0) is 16.1 Å². The van der Waals surface area contributed by atoms with Crippen LogP contribution in [0.1, 0.15) is 23.0 Å². The van der Waals surface area contributed by atoms with Crippen LogP contribution >= 0.6 is 0 Å². The zero-order valence-electron chi connectivity index (χ0n) is 13.7. The number of esters is 1. The topological polar surface area (TPSA) is 78.4 Å². The Morgan fingerprint density at radius 2 is 2.08 bits per heavy atom. The summed E-state index contributed by atoms with van der Waals surface area (Å²) in [6.45, 7) is 3.46. The van der Waals surface area contributed by atoms with Crippen molar-refractivity contribution < 1.29 is 22.8 Å². The zero-order valence-corrected chi connectivity index (χ0v) is 13.7. The van der Waals surface area contributed by atoms with Crippen LogP contribution < -0.4 is 0 Å². The fourth-order valence-electron chi connectivity index (χ4n) is 2.22. The molecule has 2 heterocycles. The lowest BCUT2D eigenvalue weighted by Crippen LogP contribution is -2.00. The van der Waals surface area contributed by atoms with Crippen molar-refractivity contribution in [2.75, 3.05) is 0 Å². The van der Waals surface area contributed by atoms with Gasteiger partial charge in [-0.3, -0.25) is 0 Å². The lowest BCUT2D eigenvalue weighted by Gasteiger charge is -1.97. The highest BCUT2D eigenvalue weighted by molar-refractivity contribution is 5.86. The van der Waals surface area contributed by atoms with E-state index in [1.54, 1.807) is 25.1 Å². The molecule has 7 heteroatoms. The highest BCUT2D eigenvalue weighted by atomic mass is 19.1. The van der Waals surface area contributed by atoms with Crippen LogP contribution in [0.15, 0.2) is 45.2 Å². The molecule has 0 unspecified atom stereocenters. The Hall–Kier alpha value is -3.22. The summed E-state index contributed by atoms with van der Waals surface area (Å²) in [5.41, 5.74) is 1.26. The van der Waals surface area contributed by atoms with Crippen molar-refractivity contribution in [2.24, 2.45) is 0 Å². The van der Waals surface area contributed by atoms with Crippen molar-refractivity contribution in [1.82, 2.24) is 10.2 Å². The fourth-order valence-corrected chi connectivity index (χ4v) is 2.22. The Bertz CT molecular complexity index is 927. The molecule has 128 valence electrons. The van der Waals surface area contributed by atoms with Gasteiger partial charge in [-0.15, -0.1) is 10.2 Å². The number of ether oxygens (including phenoxy) is 1. The SMILES string of the molecule is Cc1cc(-c2nnc(COC(=O)/C=C/c3cccc(F)c3)o2)c(C)o1. The second-order valence-electron chi connectivity index (χ2n) is 5.32. The first-order chi connectivity index (χ1) is 12.0. The number of hydrogen-bond acceptors (Lipinski definition) is 6. The predicted octanol–water partition coefficient (Wildman–Crippen LogP) is 3.84. The maximum atomic E-state index is 13.0. The van der Waals surface area contributed by atoms with Crippen LogP contribution in [0.3, 0.4) is 0 Å². The Labute approximate surface area is 142 Å². The van der Waals surface area contributed by atoms with Crippen LogP contribution in [0, 0.1) is 19.7 Å². The quantitative estimate of drug-likeness (QED) is 0.518. The van der Waals surface area contributed by atoms with Crippen LogP contribution in [0.5, 0.6) is 0 Å². The summed E-state index contributed by atoms with van der Waals surface area (Å²) in [6.07, 6.45) is 2.66. The van der Waals surface area contributed by atoms with E-state index in [0.29, 0.717) is 22.8 Å². The van der Waals surface area contributed by atoms with Crippen molar-refractivity contribution in [1.29, 1.82) is 0 Å². The average Bonchev–Trinajstić information content (AvgIpc) is 3.17. The van der Waals surface area contributed by atoms with E-state index in [1.165, 1.54) is 24.3 Å². The monoisotopic (exact) mass is 342 g/mol. The summed E-state index contributed by atoms with van der Waals surface area (Å²) in [5, 5.41) is 7.75. The summed E-state index contributed by atoms with van der Waals surface area (Å²) in [7, 11) is 0. The number of rotatable bonds is 5. The Kier molecular flexibility index (Phi) is 4.74. The molecule has 1 aromatic carbocycles. The van der Waals surface area contributed by atoms with E-state index in [1.807, 2.05) is 6.92 Å². The van der Waals surface area contributed by atoms with Gasteiger partial charge in [0.15, 0.2) is 6.61 Å². The molecule has 0 aliphatic rings. The first-order valence-electron chi connectivity index (χ1n) is 7.51. The Balaban J connectivity index is 1.58. The number of halogens is 1. The standard InChI is InChI=1S/C18H15FN2O4/c1-11-8-15(12(2)24-11)18-21-20-16(25-18)10-23-17(22)7-6-13-4-3-5-14(19)9-13/h3-9H,10H2,1-2H3/b7-6+. The molecule has 0 amide bonds. The zero-order chi connectivity index (χ0) is 17.8. The molecule has 0 fully saturated rings. The maximum Gasteiger partial charge on any atom is 0.331 e. The maximum absolute atomic E-state index is 13.0. The van der Waals surface area contributed by atoms with Crippen LogP contribution in [-0.4, -0.2) is 16.2 Å². The summed E-state index contributed by atoms with van der Waals surface area (Å²) in [5.74, 6) is 0.901. The van der Waals surface area contributed by atoms with Gasteiger partial charge >= 0.3 is 5.97 Å². The van der Waals surface area contributed by atoms with Crippen LogP contribution in [0.25, 0.3) is 17.5 Å². The molecule has 0 spiro atoms. The lowest BCUT2D eigenvalue weighted by molar-refractivity contribution is -0.139. The van der Waals surface area contributed by atoms with E-state index in [4.69, 9.17) is 13.6 Å². The van der Waals surface area contributed by atoms with Gasteiger partial charge in [0, 0.05) is 6.08 Å². The van der Waals surface area contributed by atoms with Crippen molar-refractivity contribution in [3.8, 4) is 11.5 Å². The average molecular weight is 342 g/mol. The largest absolute Gasteiger partial charge is 0.466 e. The van der Waals surface area contributed by atoms with Crippen molar-refractivity contribution >= 4 is 12.0 Å². The third kappa shape index (κ3) is 4.20. The van der Waals surface area contributed by atoms with E-state index in [0.717, 1.165) is 5.76 Å². The molecule has 0 radical (unpaired) electrons. The summed E-state index contributed by atoms with van der Waals surface area (Å²) in [6, 6.07) is 7.65. The van der Waals surface area contributed by atoms with Crippen LogP contribution in [0.4, 0.5) is 4.39 Å². The van der Waals surface area contributed by atoms with Gasteiger partial charge in [-0.05, 0) is 43.7 Å². The summed E-state index contributed by atoms with van der Waals surface area (Å²) >= 11 is 0. The fraction of sp³-hybridized carbons (Fsp3) is 0.167. The number of aryl methyl sites for hydroxylation is 2. The van der Waals surface area contributed by atoms with Gasteiger partial charge in [0.25, 0.3) is 11.8 Å². The Morgan fingerprint density at radius 1 is 1.24 bits per heavy atom. The third-order valence-electron chi connectivity index (χ3n) is 3.34. The minimum absolute atomic E-state index is 0.158. The third-order valence-corrected chi connectivity index (χ3v) is 3.34. The first kappa shape index (κ1) is 16.6. The minimum atomic E-state index is -0.598. The number of nitrogens with zero attached hydrogens (tertiary/aromatic N) is 2. The summed E-state index contributed by atoms with van der Waals surface area (Å²) < 4.78 is 28.9. The molecule has 25 heavy (non-hydrogen) atoms. The van der Waals surface area contributed by atoms with E-state index >= 15 is 0 Å². The van der Waals surface area contributed by atoms with E-state index in [2.05, 4.69) is 10.2 Å². The number of benzene rings is 1. The van der Waals surface area contributed by atoms with Gasteiger partial charge in [0.05, 0.1) is 5.56 Å². The molecular weight excluding hydrogens is 327 g/mol. The molecule has 2 aromatic heterocycles.